The number of nitro groups is 2. The molecule has 1 unspecified atom stereocenters. The van der Waals surface area contributed by atoms with Gasteiger partial charge in [0.15, 0.2) is 11.5 Å². The van der Waals surface area contributed by atoms with E-state index in [1.165, 1.54) is 0 Å². The van der Waals surface area contributed by atoms with Crippen molar-refractivity contribution in [3.8, 4) is 0 Å². The molecule has 0 heterocycles. The largest absolute Gasteiger partial charge is 0.506 e. The number of hydrogen-bond donors (Lipinski definition) is 2. The molecule has 0 aromatic carbocycles. The summed E-state index contributed by atoms with van der Waals surface area (Å²) >= 11 is 0. The lowest BCUT2D eigenvalue weighted by Crippen LogP contribution is -2.26. The summed E-state index contributed by atoms with van der Waals surface area (Å²) in [5.41, 5.74) is -3.55. The highest BCUT2D eigenvalue weighted by atomic mass is 19.4. The molecular weight excluding hydrogens is 349 g/mol. The van der Waals surface area contributed by atoms with Crippen molar-refractivity contribution in [1.82, 2.24) is 0 Å². The van der Waals surface area contributed by atoms with Crippen LogP contribution >= 0.6 is 0 Å². The maximum absolute atomic E-state index is 13.3. The molecule has 0 aromatic heterocycles. The van der Waals surface area contributed by atoms with Crippen molar-refractivity contribution in [1.29, 1.82) is 0 Å². The van der Waals surface area contributed by atoms with Crippen LogP contribution in [0.4, 0.5) is 13.2 Å². The van der Waals surface area contributed by atoms with E-state index in [0.717, 1.165) is 13.8 Å². The Kier molecular flexibility index (Phi) is 7.12. The van der Waals surface area contributed by atoms with Crippen LogP contribution in [-0.4, -0.2) is 26.2 Å². The first-order valence-electron chi connectivity index (χ1n) is 6.42. The van der Waals surface area contributed by atoms with E-state index in [4.69, 9.17) is 5.11 Å². The molecule has 0 bridgehead atoms. The quantitative estimate of drug-likeness (QED) is 0.305. The van der Waals surface area contributed by atoms with Crippen molar-refractivity contribution in [3.63, 3.8) is 0 Å². The molecule has 2 N–H and O–H groups in total. The Morgan fingerprint density at radius 1 is 1.08 bits per heavy atom. The zero-order valence-electron chi connectivity index (χ0n) is 13.2. The smallest absolute Gasteiger partial charge is 0.399 e. The Bertz CT molecular complexity index is 684. The van der Waals surface area contributed by atoms with Crippen molar-refractivity contribution < 1.29 is 33.2 Å². The Balaban J connectivity index is 6.24. The van der Waals surface area contributed by atoms with E-state index in [-0.39, 0.29) is 0 Å². The highest BCUT2D eigenvalue weighted by Gasteiger charge is 2.43. The van der Waals surface area contributed by atoms with Gasteiger partial charge in [-0.3, -0.25) is 20.2 Å². The van der Waals surface area contributed by atoms with Gasteiger partial charge in [0, 0.05) is 19.1 Å². The average molecular weight is 364 g/mol. The topological polar surface area (TPSA) is 127 Å². The third-order valence-corrected chi connectivity index (χ3v) is 2.90. The molecule has 1 atom stereocenters. The van der Waals surface area contributed by atoms with Gasteiger partial charge in [-0.15, -0.1) is 0 Å². The summed E-state index contributed by atoms with van der Waals surface area (Å²) in [4.78, 5) is 19.3. The van der Waals surface area contributed by atoms with Crippen molar-refractivity contribution in [3.05, 3.63) is 79.6 Å². The van der Waals surface area contributed by atoms with Gasteiger partial charge in [-0.2, -0.15) is 13.2 Å². The zero-order valence-corrected chi connectivity index (χ0v) is 13.2. The number of nitrogens with zero attached hydrogens (tertiary/aromatic N) is 2. The van der Waals surface area contributed by atoms with E-state index in [0.29, 0.717) is 12.2 Å². The van der Waals surface area contributed by atoms with E-state index in [2.05, 4.69) is 13.2 Å². The Morgan fingerprint density at radius 3 is 1.84 bits per heavy atom. The Hall–Kier alpha value is -3.11. The van der Waals surface area contributed by atoms with Gasteiger partial charge in [0.1, 0.15) is 5.92 Å². The SMILES string of the molecule is C=C(O)/C(=C\C(=C)C(/C(C)=C/C(=C(\C)O)[N+](=O)[O-])C(F)(F)F)[N+](=O)[O-]. The fourth-order valence-corrected chi connectivity index (χ4v) is 1.85. The number of hydrogen-bond acceptors (Lipinski definition) is 6. The molecular formula is C14H15F3N2O6. The maximum Gasteiger partial charge on any atom is 0.399 e. The highest BCUT2D eigenvalue weighted by Crippen LogP contribution is 2.38. The molecule has 0 aromatic rings. The molecule has 8 nitrogen and oxygen atoms in total. The first-order chi connectivity index (χ1) is 11.2. The first-order valence-corrected chi connectivity index (χ1v) is 6.42. The standard InChI is InChI=1S/C14H15F3N2O6/c1-7(5-11(9(3)20)18(22)23)13(14(15,16)17)8(2)6-12(10(4)21)19(24)25/h5-6,13,20-21H,1,3H2,2,4H3/b8-6+,11-5+,12-10-. The monoisotopic (exact) mass is 364 g/mol. The van der Waals surface area contributed by atoms with Crippen molar-refractivity contribution in [2.75, 3.05) is 0 Å². The number of aliphatic hydroxyl groups excluding tert-OH is 2. The third kappa shape index (κ3) is 6.12. The van der Waals surface area contributed by atoms with Crippen LogP contribution in [0, 0.1) is 26.1 Å². The molecule has 138 valence electrons. The molecule has 11 heteroatoms. The van der Waals surface area contributed by atoms with Gasteiger partial charge in [0.25, 0.3) is 0 Å². The van der Waals surface area contributed by atoms with E-state index in [1.807, 2.05) is 0 Å². The lowest BCUT2D eigenvalue weighted by molar-refractivity contribution is -0.423. The molecule has 0 rings (SSSR count). The fraction of sp³-hybridized carbons (Fsp3) is 0.286. The predicted octanol–water partition coefficient (Wildman–Crippen LogP) is 3.97. The van der Waals surface area contributed by atoms with Gasteiger partial charge < -0.3 is 10.2 Å². The molecule has 0 amide bonds. The summed E-state index contributed by atoms with van der Waals surface area (Å²) in [7, 11) is 0. The minimum Gasteiger partial charge on any atom is -0.506 e. The Labute approximate surface area is 139 Å². The van der Waals surface area contributed by atoms with Crippen LogP contribution in [0.15, 0.2) is 59.4 Å². The molecule has 0 radical (unpaired) electrons. The fourth-order valence-electron chi connectivity index (χ4n) is 1.85. The van der Waals surface area contributed by atoms with Crippen LogP contribution in [-0.2, 0) is 0 Å². The van der Waals surface area contributed by atoms with E-state index >= 15 is 0 Å². The lowest BCUT2D eigenvalue weighted by Gasteiger charge is -2.21. The van der Waals surface area contributed by atoms with Gasteiger partial charge in [-0.1, -0.05) is 6.58 Å². The van der Waals surface area contributed by atoms with E-state index < -0.39 is 56.0 Å². The summed E-state index contributed by atoms with van der Waals surface area (Å²) in [6, 6.07) is 0. The molecule has 0 saturated carbocycles. The third-order valence-electron chi connectivity index (χ3n) is 2.90. The highest BCUT2D eigenvalue weighted by molar-refractivity contribution is 5.35. The number of aliphatic hydroxyl groups is 2. The number of allylic oxidation sites excluding steroid dienone is 5. The van der Waals surface area contributed by atoms with Gasteiger partial charge in [-0.05, 0) is 24.6 Å². The van der Waals surface area contributed by atoms with Crippen LogP contribution in [0.3, 0.4) is 0 Å². The summed E-state index contributed by atoms with van der Waals surface area (Å²) in [5, 5.41) is 39.8. The molecule has 0 aliphatic carbocycles. The van der Waals surface area contributed by atoms with Crippen LogP contribution < -0.4 is 0 Å². The second-order valence-corrected chi connectivity index (χ2v) is 4.90. The minimum atomic E-state index is -4.99. The van der Waals surface area contributed by atoms with Crippen LogP contribution in [0.2, 0.25) is 0 Å². The minimum absolute atomic E-state index is 0.374. The van der Waals surface area contributed by atoms with Crippen molar-refractivity contribution in [2.24, 2.45) is 5.92 Å². The second kappa shape index (κ2) is 8.13. The normalized spacial score (nSPS) is 15.2. The van der Waals surface area contributed by atoms with E-state index in [9.17, 15) is 38.5 Å². The van der Waals surface area contributed by atoms with Gasteiger partial charge in [-0.25, -0.2) is 0 Å². The molecule has 0 saturated heterocycles. The van der Waals surface area contributed by atoms with Gasteiger partial charge in [0.2, 0.25) is 0 Å². The number of halogens is 3. The van der Waals surface area contributed by atoms with Crippen molar-refractivity contribution in [2.45, 2.75) is 20.0 Å². The van der Waals surface area contributed by atoms with E-state index in [1.54, 1.807) is 0 Å². The number of rotatable bonds is 7. The molecule has 0 spiro atoms. The summed E-state index contributed by atoms with van der Waals surface area (Å²) < 4.78 is 39.9. The predicted molar refractivity (Wildman–Crippen MR) is 81.6 cm³/mol. The summed E-state index contributed by atoms with van der Waals surface area (Å²) in [5.74, 6) is -4.41. The average Bonchev–Trinajstić information content (AvgIpc) is 2.39. The molecule has 0 fully saturated rings. The number of alkyl halides is 3. The summed E-state index contributed by atoms with van der Waals surface area (Å²) in [6.45, 7) is 7.78. The van der Waals surface area contributed by atoms with Crippen LogP contribution in [0.25, 0.3) is 0 Å². The maximum atomic E-state index is 13.3. The Morgan fingerprint density at radius 2 is 1.56 bits per heavy atom. The van der Waals surface area contributed by atoms with Crippen LogP contribution in [0.1, 0.15) is 13.8 Å². The van der Waals surface area contributed by atoms with Crippen LogP contribution in [0.5, 0.6) is 0 Å². The summed E-state index contributed by atoms with van der Waals surface area (Å²) in [6.07, 6.45) is -4.12. The first kappa shape index (κ1) is 21.9. The molecule has 25 heavy (non-hydrogen) atoms. The van der Waals surface area contributed by atoms with Crippen molar-refractivity contribution >= 4 is 0 Å². The second-order valence-electron chi connectivity index (χ2n) is 4.90. The van der Waals surface area contributed by atoms with Gasteiger partial charge in [0.05, 0.1) is 9.85 Å². The molecule has 0 aliphatic heterocycles. The molecule has 0 aliphatic rings. The lowest BCUT2D eigenvalue weighted by atomic mass is 9.90. The van der Waals surface area contributed by atoms with Gasteiger partial charge >= 0.3 is 17.6 Å². The zero-order chi connectivity index (χ0) is 20.1.